The van der Waals surface area contributed by atoms with Crippen LogP contribution in [0.25, 0.3) is 0 Å². The highest BCUT2D eigenvalue weighted by Crippen LogP contribution is 2.26. The standard InChI is InChI=1S/C19H21NO5/c1-11-9-15(24-4)5-6-16(11)20-19(23)14-7-12(2)18(13(3)8-14)25-10-17(21)22/h5-9H,10H2,1-4H3,(H,20,23)(H,21,22). The minimum Gasteiger partial charge on any atom is -0.497 e. The number of anilines is 1. The molecule has 6 nitrogen and oxygen atoms in total. The van der Waals surface area contributed by atoms with Crippen molar-refractivity contribution < 1.29 is 24.2 Å². The van der Waals surface area contributed by atoms with Crippen LogP contribution >= 0.6 is 0 Å². The van der Waals surface area contributed by atoms with E-state index in [2.05, 4.69) is 5.32 Å². The summed E-state index contributed by atoms with van der Waals surface area (Å²) in [6.45, 7) is 5.02. The van der Waals surface area contributed by atoms with Gasteiger partial charge in [-0.15, -0.1) is 0 Å². The van der Waals surface area contributed by atoms with Crippen LogP contribution in [0.4, 0.5) is 5.69 Å². The number of aryl methyl sites for hydroxylation is 3. The SMILES string of the molecule is COc1ccc(NC(=O)c2cc(C)c(OCC(=O)O)c(C)c2)c(C)c1. The van der Waals surface area contributed by atoms with Gasteiger partial charge in [-0.05, 0) is 67.8 Å². The third-order valence-corrected chi connectivity index (χ3v) is 3.74. The summed E-state index contributed by atoms with van der Waals surface area (Å²) in [5.41, 5.74) is 3.48. The summed E-state index contributed by atoms with van der Waals surface area (Å²) in [6.07, 6.45) is 0. The molecule has 0 bridgehead atoms. The number of ether oxygens (including phenoxy) is 2. The van der Waals surface area contributed by atoms with E-state index >= 15 is 0 Å². The number of carboxylic acid groups (broad SMARTS) is 1. The Morgan fingerprint density at radius 3 is 2.20 bits per heavy atom. The number of hydrogen-bond donors (Lipinski definition) is 2. The molecule has 0 saturated carbocycles. The second kappa shape index (κ2) is 7.70. The monoisotopic (exact) mass is 343 g/mol. The maximum absolute atomic E-state index is 12.5. The average molecular weight is 343 g/mol. The summed E-state index contributed by atoms with van der Waals surface area (Å²) >= 11 is 0. The molecule has 0 aliphatic carbocycles. The van der Waals surface area contributed by atoms with Crippen LogP contribution < -0.4 is 14.8 Å². The van der Waals surface area contributed by atoms with Crippen LogP contribution in [0.2, 0.25) is 0 Å². The van der Waals surface area contributed by atoms with E-state index < -0.39 is 12.6 Å². The summed E-state index contributed by atoms with van der Waals surface area (Å²) in [4.78, 5) is 23.2. The Balaban J connectivity index is 2.21. The van der Waals surface area contributed by atoms with E-state index in [0.29, 0.717) is 28.1 Å². The van der Waals surface area contributed by atoms with Crippen molar-refractivity contribution in [1.29, 1.82) is 0 Å². The quantitative estimate of drug-likeness (QED) is 0.840. The van der Waals surface area contributed by atoms with Gasteiger partial charge in [0.1, 0.15) is 11.5 Å². The number of rotatable bonds is 6. The molecule has 0 fully saturated rings. The van der Waals surface area contributed by atoms with Crippen LogP contribution in [0.5, 0.6) is 11.5 Å². The van der Waals surface area contributed by atoms with Gasteiger partial charge in [0.25, 0.3) is 5.91 Å². The molecule has 0 radical (unpaired) electrons. The largest absolute Gasteiger partial charge is 0.497 e. The van der Waals surface area contributed by atoms with E-state index in [1.54, 1.807) is 45.2 Å². The zero-order chi connectivity index (χ0) is 18.6. The van der Waals surface area contributed by atoms with Crippen LogP contribution in [0.15, 0.2) is 30.3 Å². The Morgan fingerprint density at radius 1 is 1.04 bits per heavy atom. The first-order chi connectivity index (χ1) is 11.8. The molecule has 0 unspecified atom stereocenters. The predicted molar refractivity (Wildman–Crippen MR) is 94.7 cm³/mol. The van der Waals surface area contributed by atoms with Crippen molar-refractivity contribution in [1.82, 2.24) is 0 Å². The van der Waals surface area contributed by atoms with E-state index in [9.17, 15) is 9.59 Å². The van der Waals surface area contributed by atoms with Gasteiger partial charge in [0.15, 0.2) is 6.61 Å². The second-order valence-corrected chi connectivity index (χ2v) is 5.76. The van der Waals surface area contributed by atoms with Crippen LogP contribution in [0.3, 0.4) is 0 Å². The van der Waals surface area contributed by atoms with Gasteiger partial charge in [-0.25, -0.2) is 4.79 Å². The molecule has 0 spiro atoms. The van der Waals surface area contributed by atoms with Crippen molar-refractivity contribution in [2.75, 3.05) is 19.0 Å². The number of hydrogen-bond acceptors (Lipinski definition) is 4. The highest BCUT2D eigenvalue weighted by molar-refractivity contribution is 6.05. The maximum Gasteiger partial charge on any atom is 0.341 e. The first kappa shape index (κ1) is 18.3. The van der Waals surface area contributed by atoms with Crippen molar-refractivity contribution in [3.63, 3.8) is 0 Å². The summed E-state index contributed by atoms with van der Waals surface area (Å²) in [6, 6.07) is 8.77. The molecular weight excluding hydrogens is 322 g/mol. The Morgan fingerprint density at radius 2 is 1.68 bits per heavy atom. The topological polar surface area (TPSA) is 84.9 Å². The lowest BCUT2D eigenvalue weighted by Gasteiger charge is -2.14. The molecule has 1 amide bonds. The van der Waals surface area contributed by atoms with Gasteiger partial charge < -0.3 is 19.9 Å². The number of carboxylic acids is 1. The van der Waals surface area contributed by atoms with Gasteiger partial charge in [0.2, 0.25) is 0 Å². The molecule has 0 saturated heterocycles. The fourth-order valence-electron chi connectivity index (χ4n) is 2.54. The number of amides is 1. The second-order valence-electron chi connectivity index (χ2n) is 5.76. The number of aliphatic carboxylic acids is 1. The van der Waals surface area contributed by atoms with Crippen molar-refractivity contribution in [2.24, 2.45) is 0 Å². The van der Waals surface area contributed by atoms with E-state index in [1.807, 2.05) is 13.0 Å². The summed E-state index contributed by atoms with van der Waals surface area (Å²) in [7, 11) is 1.59. The fourth-order valence-corrected chi connectivity index (χ4v) is 2.54. The normalized spacial score (nSPS) is 10.2. The third-order valence-electron chi connectivity index (χ3n) is 3.74. The van der Waals surface area contributed by atoms with Crippen LogP contribution in [0.1, 0.15) is 27.0 Å². The lowest BCUT2D eigenvalue weighted by atomic mass is 10.0. The smallest absolute Gasteiger partial charge is 0.341 e. The molecule has 2 N–H and O–H groups in total. The molecular formula is C19H21NO5. The molecule has 2 rings (SSSR count). The van der Waals surface area contributed by atoms with E-state index in [1.165, 1.54) is 0 Å². The molecule has 0 aliphatic rings. The number of nitrogens with one attached hydrogen (secondary N) is 1. The van der Waals surface area contributed by atoms with Crippen LogP contribution in [0, 0.1) is 20.8 Å². The minimum absolute atomic E-state index is 0.246. The summed E-state index contributed by atoms with van der Waals surface area (Å²) in [5.74, 6) is -0.0819. The van der Waals surface area contributed by atoms with Gasteiger partial charge >= 0.3 is 5.97 Å². The molecule has 2 aromatic rings. The highest BCUT2D eigenvalue weighted by Gasteiger charge is 2.14. The minimum atomic E-state index is -1.05. The molecule has 0 heterocycles. The van der Waals surface area contributed by atoms with E-state index in [0.717, 1.165) is 11.3 Å². The van der Waals surface area contributed by atoms with Gasteiger partial charge in [-0.2, -0.15) is 0 Å². The first-order valence-electron chi connectivity index (χ1n) is 7.73. The predicted octanol–water partition coefficient (Wildman–Crippen LogP) is 3.34. The number of benzene rings is 2. The zero-order valence-corrected chi connectivity index (χ0v) is 14.7. The van der Waals surface area contributed by atoms with E-state index in [4.69, 9.17) is 14.6 Å². The van der Waals surface area contributed by atoms with Crippen molar-refractivity contribution in [3.05, 3.63) is 52.6 Å². The fraction of sp³-hybridized carbons (Fsp3) is 0.263. The Kier molecular flexibility index (Phi) is 5.64. The average Bonchev–Trinajstić information content (AvgIpc) is 2.55. The number of methoxy groups -OCH3 is 1. The summed E-state index contributed by atoms with van der Waals surface area (Å²) in [5, 5.41) is 11.6. The Hall–Kier alpha value is -3.02. The molecule has 0 atom stereocenters. The van der Waals surface area contributed by atoms with Crippen LogP contribution in [-0.2, 0) is 4.79 Å². The van der Waals surface area contributed by atoms with Gasteiger partial charge in [-0.3, -0.25) is 4.79 Å². The van der Waals surface area contributed by atoms with Crippen molar-refractivity contribution in [3.8, 4) is 11.5 Å². The number of carbonyl (C=O) groups is 2. The third kappa shape index (κ3) is 4.50. The summed E-state index contributed by atoms with van der Waals surface area (Å²) < 4.78 is 10.4. The van der Waals surface area contributed by atoms with Gasteiger partial charge in [0.05, 0.1) is 7.11 Å². The van der Waals surface area contributed by atoms with E-state index in [-0.39, 0.29) is 5.91 Å². The van der Waals surface area contributed by atoms with Crippen molar-refractivity contribution >= 4 is 17.6 Å². The van der Waals surface area contributed by atoms with Gasteiger partial charge in [-0.1, -0.05) is 0 Å². The molecule has 2 aromatic carbocycles. The number of carbonyl (C=O) groups excluding carboxylic acids is 1. The zero-order valence-electron chi connectivity index (χ0n) is 14.7. The van der Waals surface area contributed by atoms with Crippen LogP contribution in [-0.4, -0.2) is 30.7 Å². The molecule has 6 heteroatoms. The lowest BCUT2D eigenvalue weighted by Crippen LogP contribution is -2.15. The lowest BCUT2D eigenvalue weighted by molar-refractivity contribution is -0.139. The Labute approximate surface area is 146 Å². The highest BCUT2D eigenvalue weighted by atomic mass is 16.5. The first-order valence-corrected chi connectivity index (χ1v) is 7.73. The molecule has 0 aromatic heterocycles. The maximum atomic E-state index is 12.5. The van der Waals surface area contributed by atoms with Crippen molar-refractivity contribution in [2.45, 2.75) is 20.8 Å². The molecule has 0 aliphatic heterocycles. The van der Waals surface area contributed by atoms with Gasteiger partial charge in [0, 0.05) is 11.3 Å². The molecule has 25 heavy (non-hydrogen) atoms. The Bertz CT molecular complexity index is 790. The molecule has 132 valence electrons.